The van der Waals surface area contributed by atoms with E-state index in [2.05, 4.69) is 4.57 Å². The van der Waals surface area contributed by atoms with E-state index in [1.807, 2.05) is 38.1 Å². The van der Waals surface area contributed by atoms with Crippen LogP contribution in [0.5, 0.6) is 0 Å². The molecule has 7 nitrogen and oxygen atoms in total. The van der Waals surface area contributed by atoms with Gasteiger partial charge in [-0.05, 0) is 57.2 Å². The van der Waals surface area contributed by atoms with Crippen molar-refractivity contribution in [2.24, 2.45) is 0 Å². The first-order valence-electron chi connectivity index (χ1n) is 9.78. The molecule has 154 valence electrons. The van der Waals surface area contributed by atoms with Crippen molar-refractivity contribution < 1.29 is 19.1 Å². The lowest BCUT2D eigenvalue weighted by atomic mass is 10.2. The molecule has 1 fully saturated rings. The second kappa shape index (κ2) is 8.51. The van der Waals surface area contributed by atoms with Gasteiger partial charge in [0, 0.05) is 50.2 Å². The van der Waals surface area contributed by atoms with E-state index in [0.29, 0.717) is 31.7 Å². The standard InChI is InChI=1S/C22H27N3O4/c1-15-5-6-16(2)25(15)20-9-7-19(8-10-20)22(28)29-17(3)21(27)24-13-11-23(12-14-24)18(4)26/h5-10,17H,11-14H2,1-4H3. The Morgan fingerprint density at radius 1 is 0.862 bits per heavy atom. The Morgan fingerprint density at radius 2 is 1.38 bits per heavy atom. The van der Waals surface area contributed by atoms with Gasteiger partial charge in [-0.15, -0.1) is 0 Å². The maximum Gasteiger partial charge on any atom is 0.338 e. The SMILES string of the molecule is CC(=O)N1CCN(C(=O)C(C)OC(=O)c2ccc(-n3c(C)ccc3C)cc2)CC1. The number of aromatic nitrogens is 1. The molecule has 0 aliphatic carbocycles. The van der Waals surface area contributed by atoms with E-state index in [4.69, 9.17) is 4.74 Å². The van der Waals surface area contributed by atoms with Gasteiger partial charge >= 0.3 is 5.97 Å². The summed E-state index contributed by atoms with van der Waals surface area (Å²) in [6.07, 6.45) is -0.875. The number of hydrogen-bond donors (Lipinski definition) is 0. The number of piperazine rings is 1. The van der Waals surface area contributed by atoms with Gasteiger partial charge in [0.15, 0.2) is 6.10 Å². The number of hydrogen-bond acceptors (Lipinski definition) is 4. The van der Waals surface area contributed by atoms with Crippen molar-refractivity contribution in [3.63, 3.8) is 0 Å². The number of aryl methyl sites for hydroxylation is 2. The lowest BCUT2D eigenvalue weighted by Crippen LogP contribution is -2.52. The first kappa shape index (κ1) is 20.6. The molecule has 1 aliphatic heterocycles. The third-order valence-corrected chi connectivity index (χ3v) is 5.30. The van der Waals surface area contributed by atoms with Crippen LogP contribution in [0.15, 0.2) is 36.4 Å². The van der Waals surface area contributed by atoms with Crippen LogP contribution in [-0.4, -0.2) is 64.4 Å². The molecule has 0 saturated carbocycles. The van der Waals surface area contributed by atoms with Gasteiger partial charge in [0.2, 0.25) is 5.91 Å². The molecule has 2 aromatic rings. The summed E-state index contributed by atoms with van der Waals surface area (Å²) in [6.45, 7) is 9.06. The number of carbonyl (C=O) groups is 3. The van der Waals surface area contributed by atoms with Gasteiger partial charge in [0.05, 0.1) is 5.56 Å². The summed E-state index contributed by atoms with van der Waals surface area (Å²) < 4.78 is 7.49. The Balaban J connectivity index is 1.60. The van der Waals surface area contributed by atoms with Crippen molar-refractivity contribution in [1.82, 2.24) is 14.4 Å². The highest BCUT2D eigenvalue weighted by Crippen LogP contribution is 2.17. The van der Waals surface area contributed by atoms with Gasteiger partial charge in [-0.2, -0.15) is 0 Å². The molecule has 1 atom stereocenters. The number of amides is 2. The van der Waals surface area contributed by atoms with Crippen molar-refractivity contribution in [1.29, 1.82) is 0 Å². The van der Waals surface area contributed by atoms with E-state index in [9.17, 15) is 14.4 Å². The van der Waals surface area contributed by atoms with Crippen LogP contribution in [-0.2, 0) is 14.3 Å². The van der Waals surface area contributed by atoms with E-state index >= 15 is 0 Å². The van der Waals surface area contributed by atoms with E-state index in [0.717, 1.165) is 17.1 Å². The number of nitrogens with zero attached hydrogens (tertiary/aromatic N) is 3. The third-order valence-electron chi connectivity index (χ3n) is 5.30. The van der Waals surface area contributed by atoms with Gasteiger partial charge in [0.25, 0.3) is 5.91 Å². The van der Waals surface area contributed by atoms with Gasteiger partial charge in [0.1, 0.15) is 0 Å². The Labute approximate surface area is 170 Å². The fourth-order valence-electron chi connectivity index (χ4n) is 3.60. The van der Waals surface area contributed by atoms with Crippen LogP contribution in [0.3, 0.4) is 0 Å². The van der Waals surface area contributed by atoms with Gasteiger partial charge in [-0.3, -0.25) is 9.59 Å². The molecular weight excluding hydrogens is 370 g/mol. The minimum absolute atomic E-state index is 0.00493. The highest BCUT2D eigenvalue weighted by Gasteiger charge is 2.28. The van der Waals surface area contributed by atoms with Crippen molar-refractivity contribution in [3.05, 3.63) is 53.3 Å². The quantitative estimate of drug-likeness (QED) is 0.743. The summed E-state index contributed by atoms with van der Waals surface area (Å²) in [6, 6.07) is 11.2. The van der Waals surface area contributed by atoms with Crippen LogP contribution in [0.1, 0.15) is 35.6 Å². The van der Waals surface area contributed by atoms with Gasteiger partial charge in [-0.25, -0.2) is 4.79 Å². The molecule has 0 radical (unpaired) electrons. The Hall–Kier alpha value is -3.09. The summed E-state index contributed by atoms with van der Waals surface area (Å²) in [4.78, 5) is 39.8. The molecule has 29 heavy (non-hydrogen) atoms. The van der Waals surface area contributed by atoms with Crippen LogP contribution in [0, 0.1) is 13.8 Å². The summed E-state index contributed by atoms with van der Waals surface area (Å²) in [7, 11) is 0. The Morgan fingerprint density at radius 3 is 1.90 bits per heavy atom. The fraction of sp³-hybridized carbons (Fsp3) is 0.409. The first-order chi connectivity index (χ1) is 13.8. The minimum atomic E-state index is -0.875. The predicted molar refractivity (Wildman–Crippen MR) is 109 cm³/mol. The van der Waals surface area contributed by atoms with Crippen molar-refractivity contribution in [2.75, 3.05) is 26.2 Å². The molecule has 1 saturated heterocycles. The van der Waals surface area contributed by atoms with E-state index in [-0.39, 0.29) is 11.8 Å². The number of rotatable bonds is 4. The third kappa shape index (κ3) is 4.50. The highest BCUT2D eigenvalue weighted by molar-refractivity contribution is 5.92. The normalized spacial score (nSPS) is 15.2. The van der Waals surface area contributed by atoms with E-state index in [1.54, 1.807) is 28.9 Å². The first-order valence-corrected chi connectivity index (χ1v) is 9.78. The lowest BCUT2D eigenvalue weighted by molar-refractivity contribution is -0.144. The molecule has 0 N–H and O–H groups in total. The zero-order valence-corrected chi connectivity index (χ0v) is 17.3. The summed E-state index contributed by atoms with van der Waals surface area (Å²) in [5.74, 6) is -0.761. The molecule has 2 amide bonds. The van der Waals surface area contributed by atoms with Gasteiger partial charge < -0.3 is 19.1 Å². The Kier molecular flexibility index (Phi) is 6.06. The fourth-order valence-corrected chi connectivity index (χ4v) is 3.60. The predicted octanol–water partition coefficient (Wildman–Crippen LogP) is 2.33. The molecule has 0 spiro atoms. The number of benzene rings is 1. The van der Waals surface area contributed by atoms with Gasteiger partial charge in [-0.1, -0.05) is 0 Å². The van der Waals surface area contributed by atoms with Crippen LogP contribution < -0.4 is 0 Å². The molecule has 1 aliphatic rings. The van der Waals surface area contributed by atoms with Crippen molar-refractivity contribution in [2.45, 2.75) is 33.8 Å². The summed E-state index contributed by atoms with van der Waals surface area (Å²) >= 11 is 0. The molecule has 1 aromatic heterocycles. The second-order valence-corrected chi connectivity index (χ2v) is 7.38. The number of esters is 1. The lowest BCUT2D eigenvalue weighted by Gasteiger charge is -2.35. The molecule has 1 unspecified atom stereocenters. The topological polar surface area (TPSA) is 71.9 Å². The molecule has 1 aromatic carbocycles. The van der Waals surface area contributed by atoms with Crippen molar-refractivity contribution >= 4 is 17.8 Å². The largest absolute Gasteiger partial charge is 0.449 e. The zero-order valence-electron chi connectivity index (χ0n) is 17.3. The highest BCUT2D eigenvalue weighted by atomic mass is 16.5. The van der Waals surface area contributed by atoms with E-state index < -0.39 is 12.1 Å². The molecular formula is C22H27N3O4. The molecule has 2 heterocycles. The average Bonchev–Trinajstić information content (AvgIpc) is 3.05. The maximum atomic E-state index is 12.6. The average molecular weight is 397 g/mol. The molecule has 0 bridgehead atoms. The maximum absolute atomic E-state index is 12.6. The molecule has 3 rings (SSSR count). The smallest absolute Gasteiger partial charge is 0.338 e. The summed E-state index contributed by atoms with van der Waals surface area (Å²) in [5.41, 5.74) is 3.59. The van der Waals surface area contributed by atoms with Crippen LogP contribution in [0.4, 0.5) is 0 Å². The van der Waals surface area contributed by atoms with Crippen LogP contribution in [0.25, 0.3) is 5.69 Å². The second-order valence-electron chi connectivity index (χ2n) is 7.38. The molecule has 7 heteroatoms. The minimum Gasteiger partial charge on any atom is -0.449 e. The zero-order chi connectivity index (χ0) is 21.1. The van der Waals surface area contributed by atoms with Crippen molar-refractivity contribution in [3.8, 4) is 5.69 Å². The van der Waals surface area contributed by atoms with E-state index in [1.165, 1.54) is 6.92 Å². The number of ether oxygens (including phenoxy) is 1. The summed E-state index contributed by atoms with van der Waals surface area (Å²) in [5, 5.41) is 0. The van der Waals surface area contributed by atoms with Crippen LogP contribution >= 0.6 is 0 Å². The van der Waals surface area contributed by atoms with Crippen LogP contribution in [0.2, 0.25) is 0 Å². The number of carbonyl (C=O) groups excluding carboxylic acids is 3. The monoisotopic (exact) mass is 397 g/mol. The Bertz CT molecular complexity index is 889.